The van der Waals surface area contributed by atoms with Crippen molar-refractivity contribution in [2.24, 2.45) is 0 Å². The molecule has 14 heavy (non-hydrogen) atoms. The fourth-order valence-corrected chi connectivity index (χ4v) is 0.464. The highest BCUT2D eigenvalue weighted by Gasteiger charge is 1.90. The normalized spacial score (nSPS) is 7.71. The van der Waals surface area contributed by atoms with Gasteiger partial charge in [0, 0.05) is 0 Å². The highest BCUT2D eigenvalue weighted by atomic mass is 16.3. The number of nitrogens with one attached hydrogen (secondary N) is 1. The Morgan fingerprint density at radius 2 is 1.36 bits per heavy atom. The van der Waals surface area contributed by atoms with Crippen molar-refractivity contribution >= 4 is 0 Å². The van der Waals surface area contributed by atoms with E-state index in [0.717, 1.165) is 6.54 Å². The predicted octanol–water partition coefficient (Wildman–Crippen LogP) is 2.35. The van der Waals surface area contributed by atoms with E-state index in [1.165, 1.54) is 12.1 Å². The van der Waals surface area contributed by atoms with Gasteiger partial charge >= 0.3 is 0 Å². The third-order valence-corrected chi connectivity index (χ3v) is 1.24. The van der Waals surface area contributed by atoms with Gasteiger partial charge in [-0.2, -0.15) is 0 Å². The van der Waals surface area contributed by atoms with Crippen molar-refractivity contribution in [1.82, 2.24) is 5.32 Å². The second-order valence-electron chi connectivity index (χ2n) is 2.20. The summed E-state index contributed by atoms with van der Waals surface area (Å²) < 4.78 is 0. The lowest BCUT2D eigenvalue weighted by Gasteiger charge is -1.91. The number of hydrogen-bond donors (Lipinski definition) is 3. The lowest BCUT2D eigenvalue weighted by Crippen LogP contribution is -2.01. The number of rotatable bonds is 1. The van der Waals surface area contributed by atoms with Crippen molar-refractivity contribution in [3.63, 3.8) is 0 Å². The van der Waals surface area contributed by atoms with Gasteiger partial charge in [-0.3, -0.25) is 0 Å². The van der Waals surface area contributed by atoms with Gasteiger partial charge in [0.25, 0.3) is 0 Å². The lowest BCUT2D eigenvalue weighted by atomic mass is 10.3. The molecule has 82 valence electrons. The highest BCUT2D eigenvalue weighted by Crippen LogP contribution is 2.21. The smallest absolute Gasteiger partial charge is 0.157 e. The average Bonchev–Trinajstić information content (AvgIpc) is 2.26. The number of phenolic OH excluding ortho intramolecular Hbond substituents is 2. The zero-order valence-electron chi connectivity index (χ0n) is 9.41. The maximum Gasteiger partial charge on any atom is 0.157 e. The van der Waals surface area contributed by atoms with Crippen LogP contribution in [0.2, 0.25) is 0 Å². The van der Waals surface area contributed by atoms with Crippen molar-refractivity contribution in [3.05, 3.63) is 24.3 Å². The van der Waals surface area contributed by atoms with E-state index in [4.69, 9.17) is 10.2 Å². The van der Waals surface area contributed by atoms with Crippen molar-refractivity contribution in [1.29, 1.82) is 0 Å². The van der Waals surface area contributed by atoms with Gasteiger partial charge in [-0.1, -0.05) is 32.9 Å². The average molecular weight is 199 g/mol. The van der Waals surface area contributed by atoms with Crippen LogP contribution in [0.25, 0.3) is 0 Å². The molecule has 0 heterocycles. The summed E-state index contributed by atoms with van der Waals surface area (Å²) in [4.78, 5) is 0. The van der Waals surface area contributed by atoms with Gasteiger partial charge in [0.2, 0.25) is 0 Å². The molecule has 3 N–H and O–H groups in total. The highest BCUT2D eigenvalue weighted by molar-refractivity contribution is 5.36. The number of benzene rings is 1. The van der Waals surface area contributed by atoms with Crippen molar-refractivity contribution in [2.45, 2.75) is 20.8 Å². The Morgan fingerprint density at radius 3 is 1.50 bits per heavy atom. The molecular weight excluding hydrogens is 178 g/mol. The van der Waals surface area contributed by atoms with Crippen molar-refractivity contribution < 1.29 is 10.2 Å². The molecule has 1 aromatic rings. The van der Waals surface area contributed by atoms with Crippen LogP contribution in [0.5, 0.6) is 11.5 Å². The molecule has 0 aliphatic rings. The molecule has 0 aromatic heterocycles. The fraction of sp³-hybridized carbons (Fsp3) is 0.455. The van der Waals surface area contributed by atoms with Gasteiger partial charge in [0.15, 0.2) is 11.5 Å². The van der Waals surface area contributed by atoms with Gasteiger partial charge in [-0.25, -0.2) is 0 Å². The molecule has 0 bridgehead atoms. The number of para-hydroxylation sites is 2. The second-order valence-corrected chi connectivity index (χ2v) is 2.20. The molecule has 0 aliphatic carbocycles. The third-order valence-electron chi connectivity index (χ3n) is 1.24. The monoisotopic (exact) mass is 199 g/mol. The van der Waals surface area contributed by atoms with Gasteiger partial charge in [0.05, 0.1) is 0 Å². The summed E-state index contributed by atoms with van der Waals surface area (Å²) in [6, 6.07) is 6.15. The summed E-state index contributed by atoms with van der Waals surface area (Å²) >= 11 is 0. The number of hydrogen-bond acceptors (Lipinski definition) is 3. The zero-order chi connectivity index (χ0) is 11.4. The Labute approximate surface area is 86.4 Å². The Bertz CT molecular complexity index is 191. The number of aromatic hydroxyl groups is 2. The first-order chi connectivity index (χ1) is 6.72. The lowest BCUT2D eigenvalue weighted by molar-refractivity contribution is 0.404. The maximum atomic E-state index is 8.67. The molecule has 1 aromatic carbocycles. The van der Waals surface area contributed by atoms with Gasteiger partial charge in [-0.05, 0) is 25.7 Å². The molecule has 3 nitrogen and oxygen atoms in total. The third kappa shape index (κ3) is 8.87. The van der Waals surface area contributed by atoms with E-state index in [-0.39, 0.29) is 11.5 Å². The SMILES string of the molecule is CC.CCNC.Oc1ccccc1O. The molecule has 0 saturated carbocycles. The van der Waals surface area contributed by atoms with Crippen LogP contribution in [0.1, 0.15) is 20.8 Å². The second kappa shape index (κ2) is 11.8. The molecule has 0 unspecified atom stereocenters. The first-order valence-electron chi connectivity index (χ1n) is 4.84. The number of phenols is 2. The Balaban J connectivity index is 0. The first-order valence-corrected chi connectivity index (χ1v) is 4.84. The molecule has 3 heteroatoms. The van der Waals surface area contributed by atoms with Gasteiger partial charge < -0.3 is 15.5 Å². The van der Waals surface area contributed by atoms with Crippen LogP contribution in [0, 0.1) is 0 Å². The minimum absolute atomic E-state index is 0.0764. The van der Waals surface area contributed by atoms with Crippen LogP contribution in [-0.4, -0.2) is 23.8 Å². The minimum atomic E-state index is -0.0764. The van der Waals surface area contributed by atoms with Gasteiger partial charge in [0.1, 0.15) is 0 Å². The van der Waals surface area contributed by atoms with Gasteiger partial charge in [-0.15, -0.1) is 0 Å². The summed E-state index contributed by atoms with van der Waals surface area (Å²) in [5.74, 6) is -0.153. The molecule has 0 saturated heterocycles. The van der Waals surface area contributed by atoms with E-state index in [1.54, 1.807) is 12.1 Å². The van der Waals surface area contributed by atoms with E-state index in [9.17, 15) is 0 Å². The maximum absolute atomic E-state index is 8.67. The van der Waals surface area contributed by atoms with E-state index in [1.807, 2.05) is 20.9 Å². The molecule has 1 rings (SSSR count). The van der Waals surface area contributed by atoms with Crippen LogP contribution in [-0.2, 0) is 0 Å². The summed E-state index contributed by atoms with van der Waals surface area (Å²) in [6.45, 7) is 7.14. The molecule has 0 spiro atoms. The summed E-state index contributed by atoms with van der Waals surface area (Å²) in [5, 5.41) is 20.3. The largest absolute Gasteiger partial charge is 0.504 e. The summed E-state index contributed by atoms with van der Waals surface area (Å²) in [7, 11) is 1.93. The quantitative estimate of drug-likeness (QED) is 0.608. The van der Waals surface area contributed by atoms with E-state index in [0.29, 0.717) is 0 Å². The van der Waals surface area contributed by atoms with Crippen LogP contribution in [0.3, 0.4) is 0 Å². The van der Waals surface area contributed by atoms with Crippen molar-refractivity contribution in [2.75, 3.05) is 13.6 Å². The molecule has 0 amide bonds. The fourth-order valence-electron chi connectivity index (χ4n) is 0.464. The first kappa shape index (κ1) is 15.3. The van der Waals surface area contributed by atoms with Crippen LogP contribution in [0.4, 0.5) is 0 Å². The molecule has 0 fully saturated rings. The standard InChI is InChI=1S/C6H6O2.C3H9N.C2H6/c7-5-3-1-2-4-6(5)8;1-3-4-2;1-2/h1-4,7-8H;4H,3H2,1-2H3;1-2H3. The Morgan fingerprint density at radius 1 is 1.07 bits per heavy atom. The summed E-state index contributed by atoms with van der Waals surface area (Å²) in [5.41, 5.74) is 0. The zero-order valence-corrected chi connectivity index (χ0v) is 9.41. The molecule has 0 radical (unpaired) electrons. The van der Waals surface area contributed by atoms with E-state index >= 15 is 0 Å². The Hall–Kier alpha value is -1.22. The summed E-state index contributed by atoms with van der Waals surface area (Å²) in [6.07, 6.45) is 0. The van der Waals surface area contributed by atoms with E-state index in [2.05, 4.69) is 12.2 Å². The molecular formula is C11H21NO2. The van der Waals surface area contributed by atoms with Crippen LogP contribution >= 0.6 is 0 Å². The van der Waals surface area contributed by atoms with Crippen LogP contribution < -0.4 is 5.32 Å². The Kier molecular flexibility index (Phi) is 12.8. The predicted molar refractivity (Wildman–Crippen MR) is 60.7 cm³/mol. The topological polar surface area (TPSA) is 52.5 Å². The van der Waals surface area contributed by atoms with E-state index < -0.39 is 0 Å². The van der Waals surface area contributed by atoms with Crippen LogP contribution in [0.15, 0.2) is 24.3 Å². The van der Waals surface area contributed by atoms with Crippen molar-refractivity contribution in [3.8, 4) is 11.5 Å². The molecule has 0 aliphatic heterocycles. The minimum Gasteiger partial charge on any atom is -0.504 e. The molecule has 0 atom stereocenters.